The molecule has 1 unspecified atom stereocenters. The average Bonchev–Trinajstić information content (AvgIpc) is 2.90. The number of ether oxygens (including phenoxy) is 2. The number of hydrogen-bond acceptors (Lipinski definition) is 11. The number of likely N-dealkylation sites (N-methyl/N-ethyl adjacent to an activating group) is 1. The third kappa shape index (κ3) is 5.44. The molecule has 0 spiro atoms. The Morgan fingerprint density at radius 2 is 2.03 bits per heavy atom. The number of nitrogens with zero attached hydrogens (tertiary/aromatic N) is 7. The highest BCUT2D eigenvalue weighted by molar-refractivity contribution is 5.81. The van der Waals surface area contributed by atoms with Crippen LogP contribution in [0.15, 0.2) is 42.9 Å². The van der Waals surface area contributed by atoms with Crippen molar-refractivity contribution in [3.8, 4) is 17.1 Å². The number of carbonyl (C=O) groups is 1. The van der Waals surface area contributed by atoms with E-state index in [1.54, 1.807) is 54.8 Å². The van der Waals surface area contributed by atoms with Gasteiger partial charge in [-0.3, -0.25) is 9.78 Å². The van der Waals surface area contributed by atoms with E-state index >= 15 is 0 Å². The molecule has 194 valence electrons. The van der Waals surface area contributed by atoms with Gasteiger partial charge in [-0.15, -0.1) is 0 Å². The summed E-state index contributed by atoms with van der Waals surface area (Å²) in [5, 5.41) is 10.4. The quantitative estimate of drug-likeness (QED) is 0.476. The van der Waals surface area contributed by atoms with Crippen LogP contribution in [0.25, 0.3) is 11.3 Å². The van der Waals surface area contributed by atoms with E-state index in [0.29, 0.717) is 61.4 Å². The molecule has 1 aliphatic carbocycles. The lowest BCUT2D eigenvalue weighted by Crippen LogP contribution is -2.51. The van der Waals surface area contributed by atoms with Gasteiger partial charge in [-0.05, 0) is 19.1 Å². The highest BCUT2D eigenvalue weighted by Gasteiger charge is 2.38. The summed E-state index contributed by atoms with van der Waals surface area (Å²) in [5.41, 5.74) is 7.31. The molecule has 2 fully saturated rings. The number of aliphatic hydroxyl groups excluding tert-OH is 1. The molecule has 4 heterocycles. The van der Waals surface area contributed by atoms with Gasteiger partial charge in [0.1, 0.15) is 6.10 Å². The largest absolute Gasteiger partial charge is 0.474 e. The second-order valence-corrected chi connectivity index (χ2v) is 9.31. The first-order valence-electron chi connectivity index (χ1n) is 12.2. The van der Waals surface area contributed by atoms with Crippen LogP contribution in [0.1, 0.15) is 31.6 Å². The van der Waals surface area contributed by atoms with Crippen LogP contribution in [0.5, 0.6) is 5.88 Å². The first-order chi connectivity index (χ1) is 17.9. The molecule has 1 saturated carbocycles. The molecule has 0 radical (unpaired) electrons. The van der Waals surface area contributed by atoms with Crippen molar-refractivity contribution in [1.82, 2.24) is 29.8 Å². The van der Waals surface area contributed by atoms with Gasteiger partial charge in [-0.1, -0.05) is 6.07 Å². The van der Waals surface area contributed by atoms with Gasteiger partial charge >= 0.3 is 0 Å². The molecule has 1 amide bonds. The van der Waals surface area contributed by atoms with Crippen molar-refractivity contribution < 1.29 is 19.4 Å². The zero-order chi connectivity index (χ0) is 25.9. The van der Waals surface area contributed by atoms with Crippen LogP contribution in [0.3, 0.4) is 0 Å². The van der Waals surface area contributed by atoms with E-state index in [9.17, 15) is 9.90 Å². The molecule has 37 heavy (non-hydrogen) atoms. The summed E-state index contributed by atoms with van der Waals surface area (Å²) in [7, 11) is 1.69. The summed E-state index contributed by atoms with van der Waals surface area (Å²) in [5.74, 6) is 0.769. The van der Waals surface area contributed by atoms with Crippen molar-refractivity contribution >= 4 is 17.8 Å². The van der Waals surface area contributed by atoms with E-state index in [2.05, 4.69) is 31.8 Å². The molecule has 3 aromatic heterocycles. The normalized spacial score (nSPS) is 22.1. The van der Waals surface area contributed by atoms with E-state index in [-0.39, 0.29) is 24.1 Å². The van der Waals surface area contributed by atoms with Gasteiger partial charge in [-0.2, -0.15) is 4.98 Å². The minimum atomic E-state index is -1.30. The molecular weight excluding hydrogens is 476 g/mol. The molecule has 12 nitrogen and oxygen atoms in total. The molecular formula is C25H30N8O4. The topological polar surface area (TPSA) is 153 Å². The van der Waals surface area contributed by atoms with Crippen molar-refractivity contribution in [2.24, 2.45) is 0 Å². The third-order valence-corrected chi connectivity index (χ3v) is 6.74. The number of morpholine rings is 1. The van der Waals surface area contributed by atoms with E-state index in [0.717, 1.165) is 0 Å². The Balaban J connectivity index is 1.29. The minimum Gasteiger partial charge on any atom is -0.474 e. The average molecular weight is 507 g/mol. The van der Waals surface area contributed by atoms with E-state index in [1.165, 1.54) is 0 Å². The molecule has 5 rings (SSSR count). The maximum atomic E-state index is 12.8. The fourth-order valence-electron chi connectivity index (χ4n) is 4.40. The van der Waals surface area contributed by atoms with Crippen LogP contribution >= 0.6 is 0 Å². The fourth-order valence-corrected chi connectivity index (χ4v) is 4.40. The van der Waals surface area contributed by atoms with Gasteiger partial charge in [0.15, 0.2) is 6.10 Å². The maximum absolute atomic E-state index is 12.8. The number of aliphatic hydroxyl groups is 1. The van der Waals surface area contributed by atoms with Crippen molar-refractivity contribution in [3.05, 3.63) is 48.5 Å². The predicted molar refractivity (Wildman–Crippen MR) is 135 cm³/mol. The summed E-state index contributed by atoms with van der Waals surface area (Å²) in [4.78, 5) is 38.1. The Morgan fingerprint density at radius 1 is 1.24 bits per heavy atom. The molecule has 1 saturated heterocycles. The molecule has 0 bridgehead atoms. The second kappa shape index (κ2) is 10.6. The highest BCUT2D eigenvalue weighted by Crippen LogP contribution is 2.32. The van der Waals surface area contributed by atoms with Crippen LogP contribution in [0.2, 0.25) is 0 Å². The Labute approximate surface area is 214 Å². The number of aromatic nitrogens is 5. The Hall–Kier alpha value is -3.90. The number of anilines is 2. The van der Waals surface area contributed by atoms with Crippen molar-refractivity contribution in [3.63, 3.8) is 0 Å². The summed E-state index contributed by atoms with van der Waals surface area (Å²) in [6.45, 7) is 3.90. The number of carbonyl (C=O) groups excluding carboxylic acids is 1. The standard InChI is InChI=1S/C25H30N8O4/c1-15-14-36-8-7-33(15)25-30-20(16-12-28-24(26)29-13-16)11-21(31-25)37-18-9-17(10-18)32(2)23(35)22(34)19-5-3-4-6-27-19/h3-6,11-13,15,17-18,22,34H,7-10,14H2,1-2H3,(H2,26,28,29)/t15-,17?,18?,22?/m0/s1. The number of hydrogen-bond donors (Lipinski definition) is 2. The summed E-state index contributed by atoms with van der Waals surface area (Å²) < 4.78 is 11.8. The number of amides is 1. The van der Waals surface area contributed by atoms with Gasteiger partial charge < -0.3 is 30.1 Å². The van der Waals surface area contributed by atoms with Gasteiger partial charge in [0, 0.05) is 62.7 Å². The van der Waals surface area contributed by atoms with Gasteiger partial charge in [0.05, 0.1) is 30.6 Å². The van der Waals surface area contributed by atoms with Gasteiger partial charge in [-0.25, -0.2) is 15.0 Å². The first-order valence-corrected chi connectivity index (χ1v) is 12.2. The second-order valence-electron chi connectivity index (χ2n) is 9.31. The molecule has 3 aromatic rings. The Bertz CT molecular complexity index is 1220. The van der Waals surface area contributed by atoms with Crippen LogP contribution in [-0.2, 0) is 9.53 Å². The fraction of sp³-hybridized carbons (Fsp3) is 0.440. The molecule has 3 N–H and O–H groups in total. The van der Waals surface area contributed by atoms with Crippen molar-refractivity contribution in [2.75, 3.05) is 37.4 Å². The number of rotatable bonds is 7. The number of pyridine rings is 1. The van der Waals surface area contributed by atoms with Gasteiger partial charge in [0.2, 0.25) is 17.8 Å². The molecule has 1 aliphatic heterocycles. The molecule has 2 atom stereocenters. The van der Waals surface area contributed by atoms with Crippen LogP contribution < -0.4 is 15.4 Å². The van der Waals surface area contributed by atoms with E-state index in [4.69, 9.17) is 20.2 Å². The zero-order valence-electron chi connectivity index (χ0n) is 20.8. The highest BCUT2D eigenvalue weighted by atomic mass is 16.5. The smallest absolute Gasteiger partial charge is 0.257 e. The monoisotopic (exact) mass is 506 g/mol. The lowest BCUT2D eigenvalue weighted by Gasteiger charge is -2.41. The number of nitrogens with two attached hydrogens (primary N) is 1. The van der Waals surface area contributed by atoms with Crippen molar-refractivity contribution in [1.29, 1.82) is 0 Å². The zero-order valence-corrected chi connectivity index (χ0v) is 20.8. The molecule has 2 aliphatic rings. The first kappa shape index (κ1) is 24.8. The lowest BCUT2D eigenvalue weighted by atomic mass is 9.87. The molecule has 12 heteroatoms. The lowest BCUT2D eigenvalue weighted by molar-refractivity contribution is -0.145. The Kier molecular flexibility index (Phi) is 7.10. The molecule has 0 aromatic carbocycles. The maximum Gasteiger partial charge on any atom is 0.257 e. The van der Waals surface area contributed by atoms with Gasteiger partial charge in [0.25, 0.3) is 5.91 Å². The number of nitrogen functional groups attached to an aromatic ring is 1. The predicted octanol–water partition coefficient (Wildman–Crippen LogP) is 1.24. The minimum absolute atomic E-state index is 0.0543. The van der Waals surface area contributed by atoms with E-state index in [1.807, 2.05) is 0 Å². The van der Waals surface area contributed by atoms with Crippen LogP contribution in [-0.4, -0.2) is 85.8 Å². The summed E-state index contributed by atoms with van der Waals surface area (Å²) in [6.07, 6.45) is 4.60. The van der Waals surface area contributed by atoms with E-state index < -0.39 is 12.0 Å². The summed E-state index contributed by atoms with van der Waals surface area (Å²) >= 11 is 0. The van der Waals surface area contributed by atoms with Crippen LogP contribution in [0.4, 0.5) is 11.9 Å². The van der Waals surface area contributed by atoms with Crippen molar-refractivity contribution in [2.45, 2.75) is 44.1 Å². The Morgan fingerprint density at radius 3 is 2.73 bits per heavy atom. The summed E-state index contributed by atoms with van der Waals surface area (Å²) in [6, 6.07) is 6.93. The van der Waals surface area contributed by atoms with Crippen LogP contribution in [0, 0.1) is 0 Å². The SMILES string of the molecule is C[C@H]1COCCN1c1nc(OC2CC(N(C)C(=O)C(O)c3ccccn3)C2)cc(-c2cnc(N)nc2)n1. The third-order valence-electron chi connectivity index (χ3n) is 6.74.